The molecule has 0 unspecified atom stereocenters. The van der Waals surface area contributed by atoms with Crippen LogP contribution in [0.25, 0.3) is 21.5 Å². The summed E-state index contributed by atoms with van der Waals surface area (Å²) >= 11 is 6.27. The van der Waals surface area contributed by atoms with Crippen LogP contribution in [0.1, 0.15) is 0 Å². The third-order valence-corrected chi connectivity index (χ3v) is 18.5. The number of aromatic amines is 2. The van der Waals surface area contributed by atoms with E-state index in [9.17, 15) is 95.8 Å². The van der Waals surface area contributed by atoms with Crippen molar-refractivity contribution < 1.29 is 113 Å². The van der Waals surface area contributed by atoms with E-state index in [2.05, 4.69) is 53.8 Å². The van der Waals surface area contributed by atoms with Crippen LogP contribution in [0.5, 0.6) is 11.5 Å². The van der Waals surface area contributed by atoms with Gasteiger partial charge in [0.25, 0.3) is 40.5 Å². The maximum absolute atomic E-state index is 12.7. The molecule has 6 aromatic carbocycles. The van der Waals surface area contributed by atoms with Gasteiger partial charge >= 0.3 is 20.8 Å². The predicted octanol–water partition coefficient (Wildman–Crippen LogP) is 1.29. The third kappa shape index (κ3) is 23.0. The average molecular weight is 1470 g/mol. The Morgan fingerprint density at radius 3 is 1.11 bits per heavy atom. The number of nitrogens with one attached hydrogen (secondary N) is 2. The van der Waals surface area contributed by atoms with Gasteiger partial charge in [0.2, 0.25) is 16.5 Å². The molecular formula is C39H32ClN9Na6O26S8. The van der Waals surface area contributed by atoms with Crippen LogP contribution in [0.4, 0.5) is 34.1 Å². The molecule has 0 aliphatic carbocycles. The minimum absolute atomic E-state index is 0. The molecule has 0 aliphatic heterocycles. The Bertz CT molecular complexity index is 4740. The molecule has 35 nitrogen and oxygen atoms in total. The van der Waals surface area contributed by atoms with Gasteiger partial charge < -0.3 is 15.2 Å². The maximum Gasteiger partial charge on any atom is 0.397 e. The first-order chi connectivity index (χ1) is 38.1. The molecule has 0 atom stereocenters. The Hall–Kier alpha value is -1.18. The summed E-state index contributed by atoms with van der Waals surface area (Å²) in [6.45, 7) is -1.95. The second-order valence-corrected chi connectivity index (χ2v) is 28.6. The number of sulfone groups is 2. The van der Waals surface area contributed by atoms with Gasteiger partial charge in [-0.1, -0.05) is 0 Å². The predicted molar refractivity (Wildman–Crippen MR) is 314 cm³/mol. The molecule has 0 fully saturated rings. The molecule has 0 spiro atoms. The molecule has 6 radical (unpaired) electrons. The number of hydrogen-bond acceptors (Lipinski definition) is 27. The summed E-state index contributed by atoms with van der Waals surface area (Å²) in [5, 5.41) is 35.1. The van der Waals surface area contributed by atoms with E-state index in [1.807, 2.05) is 0 Å². The van der Waals surface area contributed by atoms with E-state index in [-0.39, 0.29) is 189 Å². The van der Waals surface area contributed by atoms with Crippen LogP contribution in [0.15, 0.2) is 145 Å². The number of benzene rings is 6. The first-order valence-electron chi connectivity index (χ1n) is 21.4. The second-order valence-electron chi connectivity index (χ2n) is 16.2. The number of halogens is 1. The summed E-state index contributed by atoms with van der Waals surface area (Å²) in [7, 11) is -39.9. The SMILES string of the molecule is O=S(=O)(O)OCCS(=O)(=O)c1ccc(N=Nc2c(S(=O)(=O)O)cc3cc(S(=O)(=O)O)cc(N=c4nc(Cl)[nH]c(=Nc5cc(S(=O)(=O)O)cc6cc(S(=O)(=O)O)c(N=Nc7ccc(S(=O)(=O)CCOS(=O)(=O)O)cc7)c(O)c56)[nH]4)c3c2O)cc1.[Na].[Na].[Na].[Na].[Na].[Na]. The summed E-state index contributed by atoms with van der Waals surface area (Å²) in [5.41, 5.74) is -5.58. The van der Waals surface area contributed by atoms with Gasteiger partial charge in [-0.25, -0.2) is 35.2 Å². The van der Waals surface area contributed by atoms with Gasteiger partial charge in [-0.2, -0.15) is 65.7 Å². The topological polar surface area (TPSA) is 572 Å². The standard InChI is InChI=1S/C39H32ClN9O26S8.6Na/c40-37-43-38(41-27-17-25(78(56,57)58)13-19-15-29(80(62,63)64)33(35(50)31(19)27)48-46-21-1-5-23(6-2-21)76(52,53)11-9-74-82(68,69)70)45-39(44-37)42-28-18-26(79(59,60)61)14-20-16-30(81(65,66)67)34(36(51)32(20)28)49-47-22-3-7-24(8-4-22)77(54,55)12-10-75-83(71,72)73;;;;;;/h1-8,13-18,50-51H,9-12H2,(H,56,57,58)(H,59,60,61)(H,62,63,64)(H,65,66,67)(H,68,69,70)(H,71,72,73)(H2,41,42,43,44,45);;;;;;. The normalized spacial score (nSPS) is 13.0. The van der Waals surface area contributed by atoms with E-state index in [1.165, 1.54) is 0 Å². The van der Waals surface area contributed by atoms with Crippen LogP contribution in [-0.2, 0) is 89.3 Å². The molecule has 89 heavy (non-hydrogen) atoms. The van der Waals surface area contributed by atoms with Gasteiger partial charge in [0.1, 0.15) is 21.2 Å². The van der Waals surface area contributed by atoms with Crippen molar-refractivity contribution in [3.8, 4) is 11.5 Å². The Balaban J connectivity index is 0.00000660. The maximum atomic E-state index is 12.7. The third-order valence-electron chi connectivity index (χ3n) is 10.6. The number of aromatic nitrogens is 3. The van der Waals surface area contributed by atoms with Crippen molar-refractivity contribution in [2.24, 2.45) is 30.4 Å². The van der Waals surface area contributed by atoms with Crippen LogP contribution in [0.2, 0.25) is 5.28 Å². The molecule has 10 N–H and O–H groups in total. The van der Waals surface area contributed by atoms with Crippen molar-refractivity contribution >= 4 is 326 Å². The number of hydrogen-bond donors (Lipinski definition) is 10. The largest absolute Gasteiger partial charge is 0.505 e. The number of phenolic OH excluding ortho intramolecular Hbond substituents is 2. The molecule has 1 heterocycles. The van der Waals surface area contributed by atoms with Gasteiger partial charge in [0.05, 0.1) is 77.8 Å². The molecule has 0 bridgehead atoms. The fourth-order valence-electron chi connectivity index (χ4n) is 7.05. The number of phenols is 2. The Labute approximate surface area is 641 Å². The van der Waals surface area contributed by atoms with E-state index < -0.39 is 207 Å². The summed E-state index contributed by atoms with van der Waals surface area (Å²) in [6, 6.07) is 11.3. The molecule has 7 rings (SSSR count). The monoisotopic (exact) mass is 1470 g/mol. The Morgan fingerprint density at radius 1 is 0.438 bits per heavy atom. The second kappa shape index (κ2) is 33.2. The van der Waals surface area contributed by atoms with E-state index in [4.69, 9.17) is 20.7 Å². The molecule has 7 aromatic rings. The van der Waals surface area contributed by atoms with Crippen molar-refractivity contribution in [3.63, 3.8) is 0 Å². The number of fused-ring (bicyclic) bond motifs is 2. The molecule has 0 aliphatic rings. The first kappa shape index (κ1) is 85.8. The molecule has 0 saturated carbocycles. The van der Waals surface area contributed by atoms with Crippen molar-refractivity contribution in [3.05, 3.63) is 101 Å². The first-order valence-corrected chi connectivity index (χ1v) is 33.5. The van der Waals surface area contributed by atoms with Crippen molar-refractivity contribution in [1.82, 2.24) is 15.0 Å². The molecule has 0 saturated heterocycles. The Kier molecular flexibility index (Phi) is 32.0. The molecule has 50 heteroatoms. The average Bonchev–Trinajstić information content (AvgIpc) is 0.797. The summed E-state index contributed by atoms with van der Waals surface area (Å²) in [4.78, 5) is 11.6. The summed E-state index contributed by atoms with van der Waals surface area (Å²) in [6.07, 6.45) is 0. The van der Waals surface area contributed by atoms with Crippen molar-refractivity contribution in [2.75, 3.05) is 24.7 Å². The minimum atomic E-state index is -5.46. The van der Waals surface area contributed by atoms with E-state index in [1.54, 1.807) is 0 Å². The quantitative estimate of drug-likeness (QED) is 0.0292. The van der Waals surface area contributed by atoms with Crippen LogP contribution in [0.3, 0.4) is 0 Å². The van der Waals surface area contributed by atoms with Crippen LogP contribution in [0, 0.1) is 0 Å². The number of azo groups is 2. The summed E-state index contributed by atoms with van der Waals surface area (Å²) < 4.78 is 261. The zero-order chi connectivity index (χ0) is 61.6. The van der Waals surface area contributed by atoms with Gasteiger partial charge in [0.15, 0.2) is 31.2 Å². The van der Waals surface area contributed by atoms with Crippen molar-refractivity contribution in [2.45, 2.75) is 29.4 Å². The minimum Gasteiger partial charge on any atom is -0.505 e. The van der Waals surface area contributed by atoms with E-state index >= 15 is 0 Å². The van der Waals surface area contributed by atoms with Gasteiger partial charge in [0, 0.05) is 177 Å². The van der Waals surface area contributed by atoms with E-state index in [0.717, 1.165) is 48.5 Å². The number of nitrogens with zero attached hydrogens (tertiary/aromatic N) is 7. The zero-order valence-electron chi connectivity index (χ0n) is 46.1. The van der Waals surface area contributed by atoms with Crippen LogP contribution >= 0.6 is 11.6 Å². The molecular weight excluding hydrogens is 1440 g/mol. The summed E-state index contributed by atoms with van der Waals surface area (Å²) in [5.74, 6) is -4.32. The number of rotatable bonds is 20. The van der Waals surface area contributed by atoms with Crippen LogP contribution in [-0.4, -0.2) is 322 Å². The molecule has 1 aromatic heterocycles. The van der Waals surface area contributed by atoms with Gasteiger partial charge in [-0.05, 0) is 107 Å². The van der Waals surface area contributed by atoms with E-state index in [0.29, 0.717) is 36.4 Å². The van der Waals surface area contributed by atoms with Crippen LogP contribution < -0.4 is 11.2 Å². The molecule has 0 amide bonds. The van der Waals surface area contributed by atoms with Gasteiger partial charge in [-0.15, -0.1) is 10.2 Å². The number of H-pyrrole nitrogens is 2. The number of aromatic hydroxyl groups is 2. The molecule has 450 valence electrons. The Morgan fingerprint density at radius 2 is 0.787 bits per heavy atom. The fraction of sp³-hybridized carbons (Fsp3) is 0.103. The fourth-order valence-corrected chi connectivity index (χ4v) is 12.6. The zero-order valence-corrected chi connectivity index (χ0v) is 65.4. The van der Waals surface area contributed by atoms with Crippen molar-refractivity contribution in [1.29, 1.82) is 0 Å². The smallest absolute Gasteiger partial charge is 0.397 e. The van der Waals surface area contributed by atoms with Gasteiger partial charge in [-0.3, -0.25) is 32.3 Å².